The Bertz CT molecular complexity index is 512. The van der Waals surface area contributed by atoms with Crippen LogP contribution in [-0.4, -0.2) is 18.6 Å². The topological polar surface area (TPSA) is 43.4 Å². The van der Waals surface area contributed by atoms with Crippen LogP contribution in [0.4, 0.5) is 0 Å². The molecular formula is C15H18N2O2. The van der Waals surface area contributed by atoms with E-state index in [-0.39, 0.29) is 0 Å². The maximum Gasteiger partial charge on any atom is 0.223 e. The van der Waals surface area contributed by atoms with E-state index in [4.69, 9.17) is 9.47 Å². The normalized spacial score (nSPS) is 10.2. The molecule has 1 aromatic heterocycles. The first-order valence-electron chi connectivity index (χ1n) is 6.32. The molecule has 1 heterocycles. The summed E-state index contributed by atoms with van der Waals surface area (Å²) in [6.45, 7) is 3.34. The number of pyridine rings is 1. The van der Waals surface area contributed by atoms with Crippen LogP contribution < -0.4 is 14.8 Å². The molecule has 0 spiro atoms. The minimum absolute atomic E-state index is 0.626. The largest absolute Gasteiger partial charge is 0.494 e. The molecule has 0 saturated carbocycles. The highest BCUT2D eigenvalue weighted by atomic mass is 16.5. The highest BCUT2D eigenvalue weighted by molar-refractivity contribution is 5.35. The Balaban J connectivity index is 2.12. The summed E-state index contributed by atoms with van der Waals surface area (Å²) in [7, 11) is 1.90. The quantitative estimate of drug-likeness (QED) is 0.865. The third-order valence-electron chi connectivity index (χ3n) is 2.57. The first kappa shape index (κ1) is 13.4. The van der Waals surface area contributed by atoms with Crippen molar-refractivity contribution < 1.29 is 9.47 Å². The van der Waals surface area contributed by atoms with Gasteiger partial charge in [0.2, 0.25) is 5.88 Å². The van der Waals surface area contributed by atoms with Gasteiger partial charge in [-0.3, -0.25) is 0 Å². The third-order valence-corrected chi connectivity index (χ3v) is 2.57. The van der Waals surface area contributed by atoms with E-state index in [0.29, 0.717) is 12.5 Å². The number of benzene rings is 1. The third kappa shape index (κ3) is 3.69. The lowest BCUT2D eigenvalue weighted by atomic mass is 10.2. The van der Waals surface area contributed by atoms with E-state index in [9.17, 15) is 0 Å². The number of aromatic nitrogens is 1. The summed E-state index contributed by atoms with van der Waals surface area (Å²) in [5.41, 5.74) is 1.03. The van der Waals surface area contributed by atoms with Crippen LogP contribution in [0.5, 0.6) is 17.4 Å². The predicted molar refractivity (Wildman–Crippen MR) is 74.7 cm³/mol. The maximum atomic E-state index is 5.79. The minimum Gasteiger partial charge on any atom is -0.494 e. The second-order valence-corrected chi connectivity index (χ2v) is 4.00. The summed E-state index contributed by atoms with van der Waals surface area (Å²) in [6.07, 6.45) is 1.73. The van der Waals surface area contributed by atoms with Crippen LogP contribution >= 0.6 is 0 Å². The molecule has 4 heteroatoms. The number of hydrogen-bond acceptors (Lipinski definition) is 4. The van der Waals surface area contributed by atoms with Crippen molar-refractivity contribution in [3.05, 3.63) is 48.2 Å². The lowest BCUT2D eigenvalue weighted by molar-refractivity contribution is 0.339. The molecule has 1 N–H and O–H groups in total. The predicted octanol–water partition coefficient (Wildman–Crippen LogP) is 2.99. The first-order chi connectivity index (χ1) is 9.33. The van der Waals surface area contributed by atoms with Gasteiger partial charge in [0, 0.05) is 18.3 Å². The molecule has 2 rings (SSSR count). The molecule has 0 bridgehead atoms. The molecule has 2 aromatic rings. The summed E-state index contributed by atoms with van der Waals surface area (Å²) in [4.78, 5) is 4.26. The lowest BCUT2D eigenvalue weighted by Gasteiger charge is -2.10. The molecule has 0 fully saturated rings. The molecular weight excluding hydrogens is 240 g/mol. The lowest BCUT2D eigenvalue weighted by Crippen LogP contribution is -2.07. The van der Waals surface area contributed by atoms with E-state index < -0.39 is 0 Å². The highest BCUT2D eigenvalue weighted by Crippen LogP contribution is 2.24. The Labute approximate surface area is 113 Å². The van der Waals surface area contributed by atoms with E-state index in [1.165, 1.54) is 0 Å². The van der Waals surface area contributed by atoms with Gasteiger partial charge in [0.15, 0.2) is 0 Å². The zero-order valence-electron chi connectivity index (χ0n) is 11.2. The smallest absolute Gasteiger partial charge is 0.223 e. The van der Waals surface area contributed by atoms with Gasteiger partial charge in [-0.25, -0.2) is 4.98 Å². The second-order valence-electron chi connectivity index (χ2n) is 4.00. The van der Waals surface area contributed by atoms with E-state index in [1.807, 2.05) is 50.4 Å². The van der Waals surface area contributed by atoms with Crippen LogP contribution in [0.15, 0.2) is 42.6 Å². The standard InChI is InChI=1S/C15H18N2O2/c1-3-18-13-6-8-14(9-7-13)19-15-12(11-16-2)5-4-10-17-15/h4-10,16H,3,11H2,1-2H3. The van der Waals surface area contributed by atoms with E-state index >= 15 is 0 Å². The summed E-state index contributed by atoms with van der Waals surface area (Å²) in [6, 6.07) is 11.4. The molecule has 0 amide bonds. The fourth-order valence-corrected chi connectivity index (χ4v) is 1.72. The number of rotatable bonds is 6. The van der Waals surface area contributed by atoms with Crippen LogP contribution in [-0.2, 0) is 6.54 Å². The summed E-state index contributed by atoms with van der Waals surface area (Å²) >= 11 is 0. The van der Waals surface area contributed by atoms with Crippen molar-refractivity contribution in [3.8, 4) is 17.4 Å². The molecule has 0 aliphatic heterocycles. The molecule has 0 radical (unpaired) electrons. The van der Waals surface area contributed by atoms with Crippen molar-refractivity contribution in [2.75, 3.05) is 13.7 Å². The molecule has 19 heavy (non-hydrogen) atoms. The van der Waals surface area contributed by atoms with Crippen molar-refractivity contribution in [1.29, 1.82) is 0 Å². The Kier molecular flexibility index (Phi) is 4.75. The fourth-order valence-electron chi connectivity index (χ4n) is 1.72. The van der Waals surface area contributed by atoms with Gasteiger partial charge in [-0.15, -0.1) is 0 Å². The Morgan fingerprint density at radius 2 is 1.84 bits per heavy atom. The summed E-state index contributed by atoms with van der Waals surface area (Å²) in [5.74, 6) is 2.21. The van der Waals surface area contributed by atoms with Gasteiger partial charge < -0.3 is 14.8 Å². The van der Waals surface area contributed by atoms with Crippen LogP contribution in [0.2, 0.25) is 0 Å². The van der Waals surface area contributed by atoms with E-state index in [1.54, 1.807) is 6.20 Å². The van der Waals surface area contributed by atoms with Crippen LogP contribution in [0.1, 0.15) is 12.5 Å². The van der Waals surface area contributed by atoms with Crippen molar-refractivity contribution in [1.82, 2.24) is 10.3 Å². The highest BCUT2D eigenvalue weighted by Gasteiger charge is 2.05. The fraction of sp³-hybridized carbons (Fsp3) is 0.267. The van der Waals surface area contributed by atoms with Gasteiger partial charge >= 0.3 is 0 Å². The van der Waals surface area contributed by atoms with Gasteiger partial charge in [-0.1, -0.05) is 6.07 Å². The maximum absolute atomic E-state index is 5.79. The number of ether oxygens (including phenoxy) is 2. The first-order valence-corrected chi connectivity index (χ1v) is 6.32. The Morgan fingerprint density at radius 1 is 1.11 bits per heavy atom. The summed E-state index contributed by atoms with van der Waals surface area (Å²) in [5, 5.41) is 3.10. The molecule has 0 unspecified atom stereocenters. The Hall–Kier alpha value is -2.07. The molecule has 0 saturated heterocycles. The van der Waals surface area contributed by atoms with Crippen LogP contribution in [0.3, 0.4) is 0 Å². The minimum atomic E-state index is 0.626. The van der Waals surface area contributed by atoms with E-state index in [2.05, 4.69) is 10.3 Å². The average Bonchev–Trinajstić information content (AvgIpc) is 2.44. The van der Waals surface area contributed by atoms with Crippen molar-refractivity contribution >= 4 is 0 Å². The van der Waals surface area contributed by atoms with Crippen LogP contribution in [0, 0.1) is 0 Å². The van der Waals surface area contributed by atoms with E-state index in [0.717, 1.165) is 23.6 Å². The molecule has 0 atom stereocenters. The van der Waals surface area contributed by atoms with Crippen molar-refractivity contribution in [3.63, 3.8) is 0 Å². The molecule has 4 nitrogen and oxygen atoms in total. The molecule has 100 valence electrons. The zero-order valence-corrected chi connectivity index (χ0v) is 11.2. The second kappa shape index (κ2) is 6.75. The van der Waals surface area contributed by atoms with Crippen LogP contribution in [0.25, 0.3) is 0 Å². The number of hydrogen-bond donors (Lipinski definition) is 1. The molecule has 0 aliphatic rings. The SMILES string of the molecule is CCOc1ccc(Oc2ncccc2CNC)cc1. The summed E-state index contributed by atoms with van der Waals surface area (Å²) < 4.78 is 11.2. The van der Waals surface area contributed by atoms with Crippen molar-refractivity contribution in [2.45, 2.75) is 13.5 Å². The van der Waals surface area contributed by atoms with Gasteiger partial charge in [0.25, 0.3) is 0 Å². The monoisotopic (exact) mass is 258 g/mol. The van der Waals surface area contributed by atoms with Gasteiger partial charge in [-0.05, 0) is 44.3 Å². The molecule has 1 aromatic carbocycles. The van der Waals surface area contributed by atoms with Gasteiger partial charge in [0.05, 0.1) is 6.61 Å². The Morgan fingerprint density at radius 3 is 2.53 bits per heavy atom. The van der Waals surface area contributed by atoms with Gasteiger partial charge in [0.1, 0.15) is 11.5 Å². The molecule has 0 aliphatic carbocycles. The number of nitrogens with zero attached hydrogens (tertiary/aromatic N) is 1. The zero-order chi connectivity index (χ0) is 13.5. The average molecular weight is 258 g/mol. The van der Waals surface area contributed by atoms with Gasteiger partial charge in [-0.2, -0.15) is 0 Å². The number of nitrogens with one attached hydrogen (secondary N) is 1. The van der Waals surface area contributed by atoms with Crippen molar-refractivity contribution in [2.24, 2.45) is 0 Å².